The van der Waals surface area contributed by atoms with Gasteiger partial charge in [-0.05, 0) is 61.8 Å². The van der Waals surface area contributed by atoms with Gasteiger partial charge in [0.25, 0.3) is 5.91 Å². The van der Waals surface area contributed by atoms with Crippen molar-refractivity contribution in [3.05, 3.63) is 70.2 Å². The maximum absolute atomic E-state index is 13.3. The minimum Gasteiger partial charge on any atom is -0.350 e. The maximum Gasteiger partial charge on any atom is 0.251 e. The number of carbonyl (C=O) groups excluding carboxylic acids is 1. The van der Waals surface area contributed by atoms with Crippen molar-refractivity contribution in [3.63, 3.8) is 0 Å². The fourth-order valence-corrected chi connectivity index (χ4v) is 3.35. The summed E-state index contributed by atoms with van der Waals surface area (Å²) >= 11 is 6.10. The van der Waals surface area contributed by atoms with Crippen molar-refractivity contribution in [2.75, 3.05) is 19.6 Å². The van der Waals surface area contributed by atoms with Crippen molar-refractivity contribution < 1.29 is 13.6 Å². The molecule has 3 rings (SSSR count). The summed E-state index contributed by atoms with van der Waals surface area (Å²) in [6.07, 6.45) is 2.24. The third-order valence-electron chi connectivity index (χ3n) is 4.45. The van der Waals surface area contributed by atoms with Gasteiger partial charge in [-0.2, -0.15) is 0 Å². The average Bonchev–Trinajstić information content (AvgIpc) is 3.12. The molecular formula is C19H19ClF2N2O. The number of carbonyl (C=O) groups is 1. The van der Waals surface area contributed by atoms with E-state index in [4.69, 9.17) is 11.6 Å². The van der Waals surface area contributed by atoms with Gasteiger partial charge in [-0.1, -0.05) is 23.7 Å². The van der Waals surface area contributed by atoms with Crippen LogP contribution in [0.25, 0.3) is 0 Å². The van der Waals surface area contributed by atoms with Crippen molar-refractivity contribution in [2.45, 2.75) is 18.9 Å². The molecule has 6 heteroatoms. The summed E-state index contributed by atoms with van der Waals surface area (Å²) in [5, 5.41) is 3.47. The number of halogens is 3. The van der Waals surface area contributed by atoms with Gasteiger partial charge in [0.1, 0.15) is 0 Å². The number of nitrogens with zero attached hydrogens (tertiary/aromatic N) is 1. The molecule has 132 valence electrons. The van der Waals surface area contributed by atoms with E-state index in [1.54, 1.807) is 0 Å². The number of hydrogen-bond donors (Lipinski definition) is 1. The van der Waals surface area contributed by atoms with Gasteiger partial charge in [-0.25, -0.2) is 8.78 Å². The standard InChI is InChI=1S/C19H19ClF2N2O/c20-15-5-3-4-13(10-15)18(24-8-1-2-9-24)12-23-19(25)14-6-7-16(21)17(22)11-14/h3-7,10-11,18H,1-2,8-9,12H2,(H,23,25). The van der Waals surface area contributed by atoms with Crippen LogP contribution in [0.4, 0.5) is 8.78 Å². The van der Waals surface area contributed by atoms with Gasteiger partial charge in [0.15, 0.2) is 11.6 Å². The molecule has 25 heavy (non-hydrogen) atoms. The fraction of sp³-hybridized carbons (Fsp3) is 0.316. The molecule has 0 bridgehead atoms. The Morgan fingerprint density at radius 2 is 1.88 bits per heavy atom. The molecule has 0 aromatic heterocycles. The Morgan fingerprint density at radius 1 is 1.12 bits per heavy atom. The van der Waals surface area contributed by atoms with Crippen LogP contribution in [0.3, 0.4) is 0 Å². The van der Waals surface area contributed by atoms with Gasteiger partial charge in [0, 0.05) is 17.1 Å². The maximum atomic E-state index is 13.3. The molecule has 0 radical (unpaired) electrons. The first-order valence-corrected chi connectivity index (χ1v) is 8.65. The lowest BCUT2D eigenvalue weighted by Gasteiger charge is -2.28. The molecule has 0 aliphatic carbocycles. The fourth-order valence-electron chi connectivity index (χ4n) is 3.15. The van der Waals surface area contributed by atoms with Crippen LogP contribution in [-0.4, -0.2) is 30.4 Å². The minimum absolute atomic E-state index is 0.00422. The predicted octanol–water partition coefficient (Wildman–Crippen LogP) is 4.19. The Kier molecular flexibility index (Phi) is 5.66. The zero-order chi connectivity index (χ0) is 17.8. The van der Waals surface area contributed by atoms with Crippen LogP contribution in [0, 0.1) is 11.6 Å². The Balaban J connectivity index is 1.73. The highest BCUT2D eigenvalue weighted by atomic mass is 35.5. The molecule has 3 nitrogen and oxygen atoms in total. The van der Waals surface area contributed by atoms with E-state index in [9.17, 15) is 13.6 Å². The smallest absolute Gasteiger partial charge is 0.251 e. The molecule has 1 amide bonds. The van der Waals surface area contributed by atoms with Gasteiger partial charge in [0.2, 0.25) is 0 Å². The first-order valence-electron chi connectivity index (χ1n) is 8.27. The summed E-state index contributed by atoms with van der Waals surface area (Å²) in [5.74, 6) is -2.42. The molecule has 2 aromatic rings. The SMILES string of the molecule is O=C(NCC(c1cccc(Cl)c1)N1CCCC1)c1ccc(F)c(F)c1. The minimum atomic E-state index is -1.03. The first kappa shape index (κ1) is 17.8. The predicted molar refractivity (Wildman–Crippen MR) is 93.7 cm³/mol. The molecule has 0 spiro atoms. The number of hydrogen-bond acceptors (Lipinski definition) is 2. The third kappa shape index (κ3) is 4.35. The molecule has 1 atom stereocenters. The van der Waals surface area contributed by atoms with Crippen molar-refractivity contribution >= 4 is 17.5 Å². The molecule has 1 aliphatic heterocycles. The van der Waals surface area contributed by atoms with Crippen molar-refractivity contribution in [2.24, 2.45) is 0 Å². The lowest BCUT2D eigenvalue weighted by molar-refractivity contribution is 0.0937. The number of rotatable bonds is 5. The van der Waals surface area contributed by atoms with E-state index in [-0.39, 0.29) is 11.6 Å². The highest BCUT2D eigenvalue weighted by molar-refractivity contribution is 6.30. The summed E-state index contributed by atoms with van der Waals surface area (Å²) in [6.45, 7) is 2.29. The molecule has 1 heterocycles. The van der Waals surface area contributed by atoms with Gasteiger partial charge >= 0.3 is 0 Å². The molecule has 2 aromatic carbocycles. The second kappa shape index (κ2) is 7.93. The summed E-state index contributed by atoms with van der Waals surface area (Å²) < 4.78 is 26.3. The third-order valence-corrected chi connectivity index (χ3v) is 4.69. The van der Waals surface area contributed by atoms with Crippen LogP contribution in [0.2, 0.25) is 5.02 Å². The van der Waals surface area contributed by atoms with Crippen LogP contribution in [0.5, 0.6) is 0 Å². The van der Waals surface area contributed by atoms with E-state index in [0.717, 1.165) is 43.6 Å². The first-order chi connectivity index (χ1) is 12.0. The van der Waals surface area contributed by atoms with E-state index >= 15 is 0 Å². The molecule has 1 fully saturated rings. The molecule has 1 saturated heterocycles. The van der Waals surface area contributed by atoms with E-state index in [1.807, 2.05) is 24.3 Å². The highest BCUT2D eigenvalue weighted by Gasteiger charge is 2.24. The van der Waals surface area contributed by atoms with Gasteiger partial charge in [-0.3, -0.25) is 9.69 Å². The Morgan fingerprint density at radius 3 is 2.56 bits per heavy atom. The molecule has 0 saturated carbocycles. The van der Waals surface area contributed by atoms with E-state index in [1.165, 1.54) is 6.07 Å². The van der Waals surface area contributed by atoms with Crippen molar-refractivity contribution in [1.82, 2.24) is 10.2 Å². The van der Waals surface area contributed by atoms with E-state index < -0.39 is 17.5 Å². The van der Waals surface area contributed by atoms with Crippen LogP contribution in [0.15, 0.2) is 42.5 Å². The topological polar surface area (TPSA) is 32.3 Å². The van der Waals surface area contributed by atoms with Crippen molar-refractivity contribution in [3.8, 4) is 0 Å². The number of likely N-dealkylation sites (tertiary alicyclic amines) is 1. The van der Waals surface area contributed by atoms with Gasteiger partial charge in [-0.15, -0.1) is 0 Å². The van der Waals surface area contributed by atoms with Crippen LogP contribution in [0.1, 0.15) is 34.8 Å². The summed E-state index contributed by atoms with van der Waals surface area (Å²) in [4.78, 5) is 14.6. The lowest BCUT2D eigenvalue weighted by atomic mass is 10.1. The van der Waals surface area contributed by atoms with Crippen LogP contribution in [-0.2, 0) is 0 Å². The highest BCUT2D eigenvalue weighted by Crippen LogP contribution is 2.26. The summed E-state index contributed by atoms with van der Waals surface area (Å²) in [5.41, 5.74) is 1.13. The summed E-state index contributed by atoms with van der Waals surface area (Å²) in [6, 6.07) is 10.7. The second-order valence-corrected chi connectivity index (χ2v) is 6.59. The van der Waals surface area contributed by atoms with E-state index in [0.29, 0.717) is 11.6 Å². The molecule has 1 N–H and O–H groups in total. The van der Waals surface area contributed by atoms with E-state index in [2.05, 4.69) is 10.2 Å². The summed E-state index contributed by atoms with van der Waals surface area (Å²) in [7, 11) is 0. The Bertz CT molecular complexity index is 763. The number of nitrogens with one attached hydrogen (secondary N) is 1. The van der Waals surface area contributed by atoms with Crippen LogP contribution >= 0.6 is 11.6 Å². The normalized spacial score (nSPS) is 16.0. The Labute approximate surface area is 150 Å². The lowest BCUT2D eigenvalue weighted by Crippen LogP contribution is -2.36. The van der Waals surface area contributed by atoms with Gasteiger partial charge < -0.3 is 5.32 Å². The zero-order valence-corrected chi connectivity index (χ0v) is 14.4. The molecule has 1 aliphatic rings. The number of benzene rings is 2. The zero-order valence-electron chi connectivity index (χ0n) is 13.6. The van der Waals surface area contributed by atoms with Crippen LogP contribution < -0.4 is 5.32 Å². The molecular weight excluding hydrogens is 346 g/mol. The van der Waals surface area contributed by atoms with Crippen molar-refractivity contribution in [1.29, 1.82) is 0 Å². The Hall–Kier alpha value is -1.98. The quantitative estimate of drug-likeness (QED) is 0.863. The monoisotopic (exact) mass is 364 g/mol. The second-order valence-electron chi connectivity index (χ2n) is 6.15. The average molecular weight is 365 g/mol. The number of amides is 1. The largest absolute Gasteiger partial charge is 0.350 e. The molecule has 1 unspecified atom stereocenters. The van der Waals surface area contributed by atoms with Gasteiger partial charge in [0.05, 0.1) is 6.04 Å².